The summed E-state index contributed by atoms with van der Waals surface area (Å²) in [6.07, 6.45) is 14.3. The van der Waals surface area contributed by atoms with E-state index in [9.17, 15) is 4.79 Å². The number of hydrogen-bond acceptors (Lipinski definition) is 2. The van der Waals surface area contributed by atoms with Gasteiger partial charge in [-0.25, -0.2) is 0 Å². The van der Waals surface area contributed by atoms with Crippen molar-refractivity contribution in [1.82, 2.24) is 9.80 Å². The van der Waals surface area contributed by atoms with Crippen molar-refractivity contribution in [2.75, 3.05) is 19.6 Å². The van der Waals surface area contributed by atoms with E-state index in [0.29, 0.717) is 23.3 Å². The first kappa shape index (κ1) is 21.1. The molecule has 0 radical (unpaired) electrons. The van der Waals surface area contributed by atoms with Crippen LogP contribution in [0.5, 0.6) is 0 Å². The number of unbranched alkanes of at least 4 members (excludes halogenated alkanes) is 6. The van der Waals surface area contributed by atoms with Crippen molar-refractivity contribution in [3.63, 3.8) is 0 Å². The third-order valence-corrected chi connectivity index (χ3v) is 7.88. The number of amides is 1. The Bertz CT molecular complexity index is 493. The zero-order valence-electron chi connectivity index (χ0n) is 18.5. The number of hydrogen-bond donors (Lipinski definition) is 0. The Morgan fingerprint density at radius 2 is 1.67 bits per heavy atom. The van der Waals surface area contributed by atoms with Crippen LogP contribution in [0.3, 0.4) is 0 Å². The molecule has 5 atom stereocenters. The zero-order chi connectivity index (χ0) is 19.4. The van der Waals surface area contributed by atoms with Crippen LogP contribution in [0.25, 0.3) is 0 Å². The third-order valence-electron chi connectivity index (χ3n) is 7.88. The lowest BCUT2D eigenvalue weighted by molar-refractivity contribution is -0.174. The Balaban J connectivity index is 1.70. The van der Waals surface area contributed by atoms with E-state index < -0.39 is 0 Å². The number of carbonyl (C=O) groups excluding carboxylic acids is 1. The number of piperidine rings is 3. The molecule has 1 amide bonds. The molecule has 27 heavy (non-hydrogen) atoms. The predicted molar refractivity (Wildman–Crippen MR) is 114 cm³/mol. The molecule has 4 aliphatic rings. The number of rotatable bonds is 10. The van der Waals surface area contributed by atoms with E-state index in [4.69, 9.17) is 0 Å². The zero-order valence-corrected chi connectivity index (χ0v) is 18.5. The van der Waals surface area contributed by atoms with Crippen molar-refractivity contribution >= 4 is 5.91 Å². The second kappa shape index (κ2) is 9.29. The van der Waals surface area contributed by atoms with Gasteiger partial charge in [0, 0.05) is 36.5 Å². The van der Waals surface area contributed by atoms with Gasteiger partial charge < -0.3 is 4.90 Å². The maximum atomic E-state index is 13.1. The van der Waals surface area contributed by atoms with Gasteiger partial charge in [-0.1, -0.05) is 66.2 Å². The molecule has 3 nitrogen and oxygen atoms in total. The fourth-order valence-electron chi connectivity index (χ4n) is 6.54. The molecule has 5 unspecified atom stereocenters. The normalized spacial score (nSPS) is 36.3. The van der Waals surface area contributed by atoms with Crippen LogP contribution in [0.1, 0.15) is 98.3 Å². The monoisotopic (exact) mass is 376 g/mol. The van der Waals surface area contributed by atoms with Gasteiger partial charge in [0.1, 0.15) is 0 Å². The molecule has 1 aliphatic carbocycles. The van der Waals surface area contributed by atoms with Crippen molar-refractivity contribution in [3.8, 4) is 0 Å². The highest BCUT2D eigenvalue weighted by molar-refractivity contribution is 5.80. The molecule has 3 heterocycles. The average Bonchev–Trinajstić information content (AvgIpc) is 2.65. The Hall–Kier alpha value is -0.570. The molecule has 1 saturated carbocycles. The molecule has 0 spiro atoms. The summed E-state index contributed by atoms with van der Waals surface area (Å²) in [5.74, 6) is 1.39. The molecular weight excluding hydrogens is 332 g/mol. The molecular formula is C24H44N2O. The number of nitrogens with zero attached hydrogens (tertiary/aromatic N) is 2. The largest absolute Gasteiger partial charge is 0.339 e. The van der Waals surface area contributed by atoms with Crippen LogP contribution >= 0.6 is 0 Å². The summed E-state index contributed by atoms with van der Waals surface area (Å²) in [6, 6.07) is 1.24. The van der Waals surface area contributed by atoms with Gasteiger partial charge in [0.2, 0.25) is 5.91 Å². The summed E-state index contributed by atoms with van der Waals surface area (Å²) in [5.41, 5.74) is 0.310. The Kier molecular flexibility index (Phi) is 7.27. The quantitative estimate of drug-likeness (QED) is 0.471. The van der Waals surface area contributed by atoms with Gasteiger partial charge in [0.15, 0.2) is 0 Å². The summed E-state index contributed by atoms with van der Waals surface area (Å²) in [7, 11) is 0. The standard InChI is InChI=1S/C24H44N2O/c1-5-7-9-11-15-25-18-24(4)14-13-21(25)20-17-19(3)23(27)26(22(20)24)16-12-10-8-6-2/h19-22H,5-18H2,1-4H3. The fourth-order valence-corrected chi connectivity index (χ4v) is 6.54. The minimum atomic E-state index is 0.224. The van der Waals surface area contributed by atoms with Crippen LogP contribution in [0.15, 0.2) is 0 Å². The molecule has 3 aliphatic heterocycles. The van der Waals surface area contributed by atoms with Crippen LogP contribution in [0.4, 0.5) is 0 Å². The summed E-state index contributed by atoms with van der Waals surface area (Å²) in [6.45, 7) is 12.8. The molecule has 0 aromatic carbocycles. The fraction of sp³-hybridized carbons (Fsp3) is 0.958. The maximum absolute atomic E-state index is 13.1. The third kappa shape index (κ3) is 4.38. The maximum Gasteiger partial charge on any atom is 0.225 e. The van der Waals surface area contributed by atoms with Crippen LogP contribution in [0.2, 0.25) is 0 Å². The van der Waals surface area contributed by atoms with Crippen molar-refractivity contribution < 1.29 is 4.79 Å². The van der Waals surface area contributed by atoms with Crippen molar-refractivity contribution in [1.29, 1.82) is 0 Å². The van der Waals surface area contributed by atoms with Gasteiger partial charge in [-0.15, -0.1) is 0 Å². The summed E-state index contributed by atoms with van der Waals surface area (Å²) < 4.78 is 0. The highest BCUT2D eigenvalue weighted by Crippen LogP contribution is 2.53. The molecule has 3 saturated heterocycles. The molecule has 0 aromatic heterocycles. The van der Waals surface area contributed by atoms with E-state index in [-0.39, 0.29) is 5.92 Å². The van der Waals surface area contributed by atoms with Crippen LogP contribution < -0.4 is 0 Å². The van der Waals surface area contributed by atoms with Gasteiger partial charge in [0.25, 0.3) is 0 Å². The van der Waals surface area contributed by atoms with Crippen molar-refractivity contribution in [3.05, 3.63) is 0 Å². The molecule has 4 fully saturated rings. The predicted octanol–water partition coefficient (Wildman–Crippen LogP) is 5.48. The van der Waals surface area contributed by atoms with Crippen molar-refractivity contribution in [2.24, 2.45) is 17.3 Å². The van der Waals surface area contributed by atoms with E-state index in [2.05, 4.69) is 37.5 Å². The van der Waals surface area contributed by atoms with E-state index in [0.717, 1.165) is 19.0 Å². The van der Waals surface area contributed by atoms with E-state index in [1.54, 1.807) is 0 Å². The van der Waals surface area contributed by atoms with Crippen LogP contribution in [0, 0.1) is 17.3 Å². The average molecular weight is 377 g/mol. The highest BCUT2D eigenvalue weighted by Gasteiger charge is 2.58. The summed E-state index contributed by atoms with van der Waals surface area (Å²) in [5, 5.41) is 0. The van der Waals surface area contributed by atoms with Gasteiger partial charge >= 0.3 is 0 Å². The first-order chi connectivity index (χ1) is 13.0. The van der Waals surface area contributed by atoms with E-state index in [1.807, 2.05) is 0 Å². The molecule has 4 rings (SSSR count). The summed E-state index contributed by atoms with van der Waals surface area (Å²) >= 11 is 0. The van der Waals surface area contributed by atoms with Gasteiger partial charge in [0.05, 0.1) is 0 Å². The lowest BCUT2D eigenvalue weighted by Gasteiger charge is -2.64. The number of fused-ring (bicyclic) bond motifs is 2. The molecule has 0 aromatic rings. The first-order valence-corrected chi connectivity index (χ1v) is 12.1. The Labute approximate surface area is 168 Å². The lowest BCUT2D eigenvalue weighted by Crippen LogP contribution is -2.72. The summed E-state index contributed by atoms with van der Waals surface area (Å²) in [4.78, 5) is 18.3. The second-order valence-electron chi connectivity index (χ2n) is 10.1. The molecule has 0 N–H and O–H groups in total. The van der Waals surface area contributed by atoms with Gasteiger partial charge in [-0.3, -0.25) is 9.69 Å². The molecule has 3 heteroatoms. The number of carbonyl (C=O) groups is 1. The highest BCUT2D eigenvalue weighted by atomic mass is 16.2. The minimum absolute atomic E-state index is 0.224. The Morgan fingerprint density at radius 1 is 1.00 bits per heavy atom. The van der Waals surface area contributed by atoms with E-state index >= 15 is 0 Å². The second-order valence-corrected chi connectivity index (χ2v) is 10.1. The smallest absolute Gasteiger partial charge is 0.225 e. The SMILES string of the molecule is CCCCCCN1CC2(C)CCC1C1CC(C)C(=O)N(CCCCCC)C12. The Morgan fingerprint density at radius 3 is 2.33 bits per heavy atom. The topological polar surface area (TPSA) is 23.6 Å². The van der Waals surface area contributed by atoms with Crippen LogP contribution in [-0.4, -0.2) is 47.4 Å². The molecule has 156 valence electrons. The minimum Gasteiger partial charge on any atom is -0.339 e. The molecule has 2 bridgehead atoms. The van der Waals surface area contributed by atoms with Gasteiger partial charge in [-0.2, -0.15) is 0 Å². The number of likely N-dealkylation sites (tertiary alicyclic amines) is 1. The van der Waals surface area contributed by atoms with Crippen LogP contribution in [-0.2, 0) is 4.79 Å². The van der Waals surface area contributed by atoms with E-state index in [1.165, 1.54) is 77.3 Å². The van der Waals surface area contributed by atoms with Gasteiger partial charge in [-0.05, 0) is 44.6 Å². The first-order valence-electron chi connectivity index (χ1n) is 12.1. The lowest BCUT2D eigenvalue weighted by atomic mass is 9.56. The van der Waals surface area contributed by atoms with Crippen molar-refractivity contribution in [2.45, 2.75) is 110 Å².